The van der Waals surface area contributed by atoms with E-state index in [9.17, 15) is 9.59 Å². The van der Waals surface area contributed by atoms with Crippen LogP contribution >= 0.6 is 0 Å². The van der Waals surface area contributed by atoms with Crippen LogP contribution in [0.5, 0.6) is 0 Å². The van der Waals surface area contributed by atoms with Crippen molar-refractivity contribution in [3.63, 3.8) is 0 Å². The Kier molecular flexibility index (Phi) is 3.64. The number of nitrogens with zero attached hydrogens (tertiary/aromatic N) is 2. The topological polar surface area (TPSA) is 54.3 Å². The molecule has 0 saturated carbocycles. The number of hydrogen-bond acceptors (Lipinski definition) is 3. The van der Waals surface area contributed by atoms with E-state index in [0.717, 1.165) is 17.8 Å². The fourth-order valence-electron chi connectivity index (χ4n) is 2.43. The van der Waals surface area contributed by atoms with Gasteiger partial charge in [-0.1, -0.05) is 6.92 Å². The van der Waals surface area contributed by atoms with Crippen molar-refractivity contribution in [2.45, 2.75) is 52.6 Å². The van der Waals surface area contributed by atoms with Gasteiger partial charge in [-0.25, -0.2) is 0 Å². The van der Waals surface area contributed by atoms with Crippen molar-refractivity contribution in [3.05, 3.63) is 23.5 Å². The Morgan fingerprint density at radius 3 is 2.42 bits per heavy atom. The van der Waals surface area contributed by atoms with Gasteiger partial charge >= 0.3 is 0 Å². The van der Waals surface area contributed by atoms with Gasteiger partial charge in [0.1, 0.15) is 6.04 Å². The van der Waals surface area contributed by atoms with E-state index in [-0.39, 0.29) is 24.3 Å². The van der Waals surface area contributed by atoms with Crippen LogP contribution < -0.4 is 5.43 Å². The zero-order valence-corrected chi connectivity index (χ0v) is 11.9. The van der Waals surface area contributed by atoms with Crippen LogP contribution in [0.1, 0.15) is 38.1 Å². The Hall–Kier alpha value is -1.78. The molecule has 2 atom stereocenters. The fourth-order valence-corrected chi connectivity index (χ4v) is 2.43. The van der Waals surface area contributed by atoms with Crippen LogP contribution in [-0.2, 0) is 9.59 Å². The molecule has 104 valence electrons. The van der Waals surface area contributed by atoms with E-state index in [1.807, 2.05) is 44.5 Å². The van der Waals surface area contributed by atoms with Crippen molar-refractivity contribution in [1.82, 2.24) is 9.58 Å². The number of amides is 2. The van der Waals surface area contributed by atoms with E-state index in [1.54, 1.807) is 0 Å². The standard InChI is InChI=1S/C14H21N3O2/c1-5-9(2)16-13(18)8-12(14(16)19)15-17-10(3)6-7-11(17)4/h6-7,9,12,15H,5,8H2,1-4H3. The lowest BCUT2D eigenvalue weighted by atomic mass is 10.2. The summed E-state index contributed by atoms with van der Waals surface area (Å²) < 4.78 is 1.87. The molecule has 1 saturated heterocycles. The Morgan fingerprint density at radius 2 is 1.89 bits per heavy atom. The maximum Gasteiger partial charge on any atom is 0.254 e. The van der Waals surface area contributed by atoms with Crippen molar-refractivity contribution >= 4 is 11.8 Å². The molecule has 2 heterocycles. The summed E-state index contributed by atoms with van der Waals surface area (Å²) in [6.07, 6.45) is 1.02. The van der Waals surface area contributed by atoms with Crippen LogP contribution in [0.3, 0.4) is 0 Å². The summed E-state index contributed by atoms with van der Waals surface area (Å²) in [7, 11) is 0. The molecule has 2 rings (SSSR count). The lowest BCUT2D eigenvalue weighted by molar-refractivity contribution is -0.140. The zero-order chi connectivity index (χ0) is 14.2. The second-order valence-corrected chi connectivity index (χ2v) is 5.20. The highest BCUT2D eigenvalue weighted by Crippen LogP contribution is 2.19. The number of imide groups is 1. The lowest BCUT2D eigenvalue weighted by Gasteiger charge is -2.22. The lowest BCUT2D eigenvalue weighted by Crippen LogP contribution is -2.42. The van der Waals surface area contributed by atoms with E-state index in [2.05, 4.69) is 5.43 Å². The minimum Gasteiger partial charge on any atom is -0.313 e. The number of hydrogen-bond donors (Lipinski definition) is 1. The first-order valence-electron chi connectivity index (χ1n) is 6.73. The Morgan fingerprint density at radius 1 is 1.32 bits per heavy atom. The van der Waals surface area contributed by atoms with Gasteiger partial charge in [0, 0.05) is 17.4 Å². The monoisotopic (exact) mass is 263 g/mol. The first-order valence-corrected chi connectivity index (χ1v) is 6.73. The molecule has 1 aromatic heterocycles. The molecule has 0 aromatic carbocycles. The van der Waals surface area contributed by atoms with Gasteiger partial charge in [0.15, 0.2) is 0 Å². The molecular formula is C14H21N3O2. The summed E-state index contributed by atoms with van der Waals surface area (Å²) in [6.45, 7) is 7.82. The smallest absolute Gasteiger partial charge is 0.254 e. The Labute approximate surface area is 113 Å². The average Bonchev–Trinajstić information content (AvgIpc) is 2.83. The van der Waals surface area contributed by atoms with Crippen LogP contribution in [0.2, 0.25) is 0 Å². The van der Waals surface area contributed by atoms with E-state index < -0.39 is 6.04 Å². The van der Waals surface area contributed by atoms with E-state index in [0.29, 0.717) is 0 Å². The van der Waals surface area contributed by atoms with Crippen molar-refractivity contribution in [2.24, 2.45) is 0 Å². The molecule has 2 unspecified atom stereocenters. The van der Waals surface area contributed by atoms with Gasteiger partial charge in [0.2, 0.25) is 5.91 Å². The predicted molar refractivity (Wildman–Crippen MR) is 73.3 cm³/mol. The maximum absolute atomic E-state index is 12.3. The Balaban J connectivity index is 2.16. The molecule has 2 amide bonds. The molecule has 1 aromatic rings. The molecule has 0 bridgehead atoms. The van der Waals surface area contributed by atoms with Crippen LogP contribution in [0.25, 0.3) is 0 Å². The van der Waals surface area contributed by atoms with Gasteiger partial charge in [0.05, 0.1) is 6.42 Å². The van der Waals surface area contributed by atoms with Gasteiger partial charge in [-0.15, -0.1) is 0 Å². The largest absolute Gasteiger partial charge is 0.313 e. The molecule has 1 N–H and O–H groups in total. The average molecular weight is 263 g/mol. The van der Waals surface area contributed by atoms with E-state index in [1.165, 1.54) is 4.90 Å². The third-order valence-electron chi connectivity index (χ3n) is 3.77. The zero-order valence-electron chi connectivity index (χ0n) is 11.9. The summed E-state index contributed by atoms with van der Waals surface area (Å²) in [5, 5.41) is 0. The van der Waals surface area contributed by atoms with Crippen molar-refractivity contribution < 1.29 is 9.59 Å². The first kappa shape index (κ1) is 13.6. The number of nitrogens with one attached hydrogen (secondary N) is 1. The van der Waals surface area contributed by atoms with Crippen molar-refractivity contribution in [2.75, 3.05) is 5.43 Å². The third-order valence-corrected chi connectivity index (χ3v) is 3.77. The molecule has 19 heavy (non-hydrogen) atoms. The summed E-state index contributed by atoms with van der Waals surface area (Å²) in [6, 6.07) is 3.48. The summed E-state index contributed by atoms with van der Waals surface area (Å²) in [5.41, 5.74) is 5.21. The second-order valence-electron chi connectivity index (χ2n) is 5.20. The molecule has 0 aliphatic carbocycles. The van der Waals surface area contributed by atoms with E-state index >= 15 is 0 Å². The first-order chi connectivity index (χ1) is 8.95. The molecule has 0 radical (unpaired) electrons. The van der Waals surface area contributed by atoms with Crippen LogP contribution in [0, 0.1) is 13.8 Å². The van der Waals surface area contributed by atoms with Crippen LogP contribution in [-0.4, -0.2) is 33.5 Å². The maximum atomic E-state index is 12.3. The summed E-state index contributed by atoms with van der Waals surface area (Å²) in [4.78, 5) is 25.6. The molecule has 0 spiro atoms. The fraction of sp³-hybridized carbons (Fsp3) is 0.571. The van der Waals surface area contributed by atoms with Crippen molar-refractivity contribution in [1.29, 1.82) is 0 Å². The van der Waals surface area contributed by atoms with Crippen LogP contribution in [0.4, 0.5) is 0 Å². The molecule has 1 aliphatic rings. The SMILES string of the molecule is CCC(C)N1C(=O)CC(Nn2c(C)ccc2C)C1=O. The van der Waals surface area contributed by atoms with Gasteiger partial charge in [-0.3, -0.25) is 19.2 Å². The number of rotatable bonds is 4. The quantitative estimate of drug-likeness (QED) is 0.839. The number of likely N-dealkylation sites (tertiary alicyclic amines) is 1. The van der Waals surface area contributed by atoms with Crippen molar-refractivity contribution in [3.8, 4) is 0 Å². The molecule has 1 fully saturated rings. The number of aryl methyl sites for hydroxylation is 2. The highest BCUT2D eigenvalue weighted by molar-refractivity contribution is 6.06. The van der Waals surface area contributed by atoms with Gasteiger partial charge in [0.25, 0.3) is 5.91 Å². The van der Waals surface area contributed by atoms with Gasteiger partial charge in [-0.2, -0.15) is 0 Å². The highest BCUT2D eigenvalue weighted by atomic mass is 16.2. The summed E-state index contributed by atoms with van der Waals surface area (Å²) >= 11 is 0. The second kappa shape index (κ2) is 5.07. The molecule has 5 nitrogen and oxygen atoms in total. The minimum atomic E-state index is -0.453. The normalized spacial score (nSPS) is 21.1. The van der Waals surface area contributed by atoms with Crippen LogP contribution in [0.15, 0.2) is 12.1 Å². The number of carbonyl (C=O) groups excluding carboxylic acids is 2. The van der Waals surface area contributed by atoms with Gasteiger partial charge in [-0.05, 0) is 39.3 Å². The third kappa shape index (κ3) is 2.37. The molecule has 1 aliphatic heterocycles. The van der Waals surface area contributed by atoms with E-state index in [4.69, 9.17) is 0 Å². The molecule has 5 heteroatoms. The minimum absolute atomic E-state index is 0.0290. The number of aromatic nitrogens is 1. The van der Waals surface area contributed by atoms with Gasteiger partial charge < -0.3 is 5.43 Å². The number of carbonyl (C=O) groups is 2. The molecular weight excluding hydrogens is 242 g/mol. The predicted octanol–water partition coefficient (Wildman–Crippen LogP) is 1.57. The summed E-state index contributed by atoms with van der Waals surface area (Å²) in [5.74, 6) is -0.203. The Bertz CT molecular complexity index is 487. The highest BCUT2D eigenvalue weighted by Gasteiger charge is 2.40.